The molecule has 0 radical (unpaired) electrons. The van der Waals surface area contributed by atoms with Crippen LogP contribution in [0.4, 0.5) is 0 Å². The van der Waals surface area contributed by atoms with Gasteiger partial charge in [0.05, 0.1) is 17.0 Å². The van der Waals surface area contributed by atoms with Crippen LogP contribution in [0.3, 0.4) is 0 Å². The van der Waals surface area contributed by atoms with E-state index in [-0.39, 0.29) is 4.90 Å². The van der Waals surface area contributed by atoms with E-state index < -0.39 is 70.2 Å². The molecule has 0 unspecified atom stereocenters. The molecule has 1 aromatic carbocycles. The van der Waals surface area contributed by atoms with Gasteiger partial charge in [-0.25, -0.2) is 13.1 Å². The molecule has 9 nitrogen and oxygen atoms in total. The summed E-state index contributed by atoms with van der Waals surface area (Å²) in [7, 11) is -3.90. The summed E-state index contributed by atoms with van der Waals surface area (Å²) in [4.78, 5) is 0.155. The van der Waals surface area contributed by atoms with Crippen molar-refractivity contribution in [3.8, 4) is 0 Å². The summed E-state index contributed by atoms with van der Waals surface area (Å²) in [6, 6.07) is 4.80. The topological polar surface area (TPSA) is 115 Å². The van der Waals surface area contributed by atoms with Gasteiger partial charge in [0.1, 0.15) is 30.5 Å². The lowest BCUT2D eigenvalue weighted by atomic mass is 9.89. The van der Waals surface area contributed by atoms with Crippen LogP contribution in [-0.4, -0.2) is 73.7 Å². The lowest BCUT2D eigenvalue weighted by Crippen LogP contribution is -2.64. The number of fused-ring (bicyclic) bond motifs is 2. The number of nitrogens with one attached hydrogen (secondary N) is 2. The summed E-state index contributed by atoms with van der Waals surface area (Å²) in [6.07, 6.45) is 0.626. The van der Waals surface area contributed by atoms with Crippen molar-refractivity contribution in [2.75, 3.05) is 0 Å². The van der Waals surface area contributed by atoms with Gasteiger partial charge in [-0.15, -0.1) is 0 Å². The second kappa shape index (κ2) is 9.76. The van der Waals surface area contributed by atoms with Crippen molar-refractivity contribution in [3.05, 3.63) is 50.9 Å². The fourth-order valence-corrected chi connectivity index (χ4v) is 7.83. The van der Waals surface area contributed by atoms with Gasteiger partial charge in [0, 0.05) is 15.0 Å². The lowest BCUT2D eigenvalue weighted by Gasteiger charge is -2.40. The van der Waals surface area contributed by atoms with Crippen LogP contribution in [0, 0.1) is 6.92 Å². The van der Waals surface area contributed by atoms with Crippen LogP contribution < -0.4 is 10.0 Å². The Morgan fingerprint density at radius 2 is 1.35 bits per heavy atom. The number of sulfonamides is 1. The molecule has 4 aliphatic rings. The Kier molecular flexibility index (Phi) is 7.35. The third kappa shape index (κ3) is 5.52. The highest BCUT2D eigenvalue weighted by molar-refractivity contribution is 9.12. The molecule has 2 saturated heterocycles. The van der Waals surface area contributed by atoms with Gasteiger partial charge >= 0.3 is 0 Å². The minimum absolute atomic E-state index is 0.155. The average molecular weight is 664 g/mol. The highest BCUT2D eigenvalue weighted by Gasteiger charge is 2.54. The van der Waals surface area contributed by atoms with E-state index in [4.69, 9.17) is 18.9 Å². The van der Waals surface area contributed by atoms with E-state index in [1.54, 1.807) is 52.0 Å². The zero-order valence-electron chi connectivity index (χ0n) is 21.1. The summed E-state index contributed by atoms with van der Waals surface area (Å²) in [6.45, 7) is 9.09. The fourth-order valence-electron chi connectivity index (χ4n) is 5.29. The van der Waals surface area contributed by atoms with Crippen LogP contribution in [0.2, 0.25) is 0 Å². The summed E-state index contributed by atoms with van der Waals surface area (Å²) in [5.74, 6) is -1.75. The number of rotatable bonds is 5. The maximum Gasteiger partial charge on any atom is 0.240 e. The van der Waals surface area contributed by atoms with Gasteiger partial charge in [-0.2, -0.15) is 0 Å². The molecule has 204 valence electrons. The molecule has 2 aliphatic carbocycles. The standard InChI is InChI=1S/C25H32Br2N2O7S/c1-12-6-8-13(9-7-12)37(31,32)29-18-16(10-14(26)20-22(18)35-24(2,3)33-20)28-17-11-15(27)21-23(19(17)30)36-25(4,5)34-21/h6-11,16-23,28-30H,1-5H3/t16-,17-,18+,19+,20+,21+,22-,23-/m0/s1. The molecule has 0 aromatic heterocycles. The Morgan fingerprint density at radius 3 is 1.95 bits per heavy atom. The molecule has 5 rings (SSSR count). The number of benzene rings is 1. The number of aliphatic hydroxyl groups excluding tert-OH is 1. The van der Waals surface area contributed by atoms with E-state index in [2.05, 4.69) is 41.9 Å². The van der Waals surface area contributed by atoms with Crippen LogP contribution in [0.25, 0.3) is 0 Å². The van der Waals surface area contributed by atoms with E-state index in [0.29, 0.717) is 0 Å². The monoisotopic (exact) mass is 662 g/mol. The molecule has 2 fully saturated rings. The summed E-state index contributed by atoms with van der Waals surface area (Å²) in [5.41, 5.74) is 0.959. The second-order valence-electron chi connectivity index (χ2n) is 10.8. The van der Waals surface area contributed by atoms with Crippen LogP contribution >= 0.6 is 31.9 Å². The molecule has 2 aliphatic heterocycles. The lowest BCUT2D eigenvalue weighted by molar-refractivity contribution is -0.153. The van der Waals surface area contributed by atoms with Crippen molar-refractivity contribution in [1.29, 1.82) is 0 Å². The third-order valence-electron chi connectivity index (χ3n) is 6.93. The molecular formula is C25H32Br2N2O7S. The molecule has 8 atom stereocenters. The molecule has 2 heterocycles. The van der Waals surface area contributed by atoms with Gasteiger partial charge in [-0.05, 0) is 46.8 Å². The van der Waals surface area contributed by atoms with Gasteiger partial charge in [0.15, 0.2) is 11.6 Å². The highest BCUT2D eigenvalue weighted by atomic mass is 79.9. The number of halogens is 2. The number of aryl methyl sites for hydroxylation is 1. The highest BCUT2D eigenvalue weighted by Crippen LogP contribution is 2.42. The molecule has 0 amide bonds. The van der Waals surface area contributed by atoms with E-state index >= 15 is 0 Å². The summed E-state index contributed by atoms with van der Waals surface area (Å²) < 4.78 is 55.4. The molecule has 3 N–H and O–H groups in total. The van der Waals surface area contributed by atoms with Crippen molar-refractivity contribution < 1.29 is 32.5 Å². The maximum atomic E-state index is 13.4. The number of hydrogen-bond donors (Lipinski definition) is 3. The normalized spacial score (nSPS) is 38.5. The molecule has 0 spiro atoms. The fraction of sp³-hybridized carbons (Fsp3) is 0.600. The molecule has 0 saturated carbocycles. The molecule has 0 bridgehead atoms. The molecule has 37 heavy (non-hydrogen) atoms. The van der Waals surface area contributed by atoms with Crippen LogP contribution in [0.5, 0.6) is 0 Å². The van der Waals surface area contributed by atoms with Crippen molar-refractivity contribution in [1.82, 2.24) is 10.0 Å². The Labute approximate surface area is 234 Å². The van der Waals surface area contributed by atoms with E-state index in [0.717, 1.165) is 14.5 Å². The smallest absolute Gasteiger partial charge is 0.240 e. The Hall–Kier alpha value is -0.670. The van der Waals surface area contributed by atoms with Crippen LogP contribution in [-0.2, 0) is 29.0 Å². The minimum Gasteiger partial charge on any atom is -0.388 e. The zero-order valence-corrected chi connectivity index (χ0v) is 25.1. The quantitative estimate of drug-likeness (QED) is 0.441. The van der Waals surface area contributed by atoms with Gasteiger partial charge in [0.25, 0.3) is 0 Å². The Morgan fingerprint density at radius 1 is 0.838 bits per heavy atom. The predicted molar refractivity (Wildman–Crippen MR) is 144 cm³/mol. The number of ether oxygens (including phenoxy) is 4. The van der Waals surface area contributed by atoms with Crippen molar-refractivity contribution >= 4 is 41.9 Å². The largest absolute Gasteiger partial charge is 0.388 e. The minimum atomic E-state index is -3.90. The Balaban J connectivity index is 1.46. The first kappa shape index (κ1) is 27.9. The first-order chi connectivity index (χ1) is 17.2. The number of hydrogen-bond acceptors (Lipinski definition) is 8. The van der Waals surface area contributed by atoms with Gasteiger partial charge in [-0.3, -0.25) is 0 Å². The average Bonchev–Trinajstić information content (AvgIpc) is 3.31. The predicted octanol–water partition coefficient (Wildman–Crippen LogP) is 2.95. The first-order valence-corrected chi connectivity index (χ1v) is 15.2. The number of aliphatic hydroxyl groups is 1. The maximum absolute atomic E-state index is 13.4. The van der Waals surface area contributed by atoms with Crippen LogP contribution in [0.15, 0.2) is 50.3 Å². The molecular weight excluding hydrogens is 632 g/mol. The molecule has 1 aromatic rings. The second-order valence-corrected chi connectivity index (χ2v) is 14.4. The molecule has 12 heteroatoms. The van der Waals surface area contributed by atoms with E-state index in [1.807, 2.05) is 19.1 Å². The van der Waals surface area contributed by atoms with Gasteiger partial charge in [0.2, 0.25) is 10.0 Å². The SMILES string of the molecule is Cc1ccc(S(=O)(=O)N[C@H]2[C@@H]3OC(C)(C)O[C@@H]3C(Br)=C[C@@H]2N[C@H]2C=C(Br)[C@H]3OC(C)(C)O[C@H]3[C@@H]2O)cc1. The van der Waals surface area contributed by atoms with Gasteiger partial charge < -0.3 is 29.4 Å². The van der Waals surface area contributed by atoms with Crippen LogP contribution in [0.1, 0.15) is 33.3 Å². The Bertz CT molecular complexity index is 1220. The van der Waals surface area contributed by atoms with Gasteiger partial charge in [-0.1, -0.05) is 61.7 Å². The van der Waals surface area contributed by atoms with Crippen molar-refractivity contribution in [2.24, 2.45) is 0 Å². The summed E-state index contributed by atoms with van der Waals surface area (Å²) in [5, 5.41) is 14.6. The zero-order chi connectivity index (χ0) is 26.9. The van der Waals surface area contributed by atoms with E-state index in [1.165, 1.54) is 0 Å². The third-order valence-corrected chi connectivity index (χ3v) is 9.84. The summed E-state index contributed by atoms with van der Waals surface area (Å²) >= 11 is 7.18. The van der Waals surface area contributed by atoms with Crippen molar-refractivity contribution in [3.63, 3.8) is 0 Å². The first-order valence-electron chi connectivity index (χ1n) is 12.1. The van der Waals surface area contributed by atoms with Crippen molar-refractivity contribution in [2.45, 2.75) is 99.7 Å². The van der Waals surface area contributed by atoms with E-state index in [9.17, 15) is 13.5 Å².